The fourth-order valence-corrected chi connectivity index (χ4v) is 2.13. The number of primary amides is 1. The summed E-state index contributed by atoms with van der Waals surface area (Å²) in [6, 6.07) is 6.88. The molecule has 0 aliphatic carbocycles. The molecule has 9 heteroatoms. The molecule has 2 rings (SSSR count). The van der Waals surface area contributed by atoms with Crippen LogP contribution in [0.5, 0.6) is 0 Å². The number of hydrogen-bond donors (Lipinski definition) is 2. The van der Waals surface area contributed by atoms with Crippen molar-refractivity contribution >= 4 is 29.1 Å². The third-order valence-electron chi connectivity index (χ3n) is 3.27. The minimum Gasteiger partial charge on any atom is -0.366 e. The van der Waals surface area contributed by atoms with Crippen molar-refractivity contribution < 1.29 is 27.2 Å². The van der Waals surface area contributed by atoms with Crippen LogP contribution in [0.1, 0.15) is 27.7 Å². The van der Waals surface area contributed by atoms with E-state index in [1.807, 2.05) is 0 Å². The van der Waals surface area contributed by atoms with E-state index >= 15 is 0 Å². The topological polar surface area (TPSA) is 72.2 Å². The predicted octanol–water partition coefficient (Wildman–Crippen LogP) is 4.11. The van der Waals surface area contributed by atoms with Crippen molar-refractivity contribution in [1.82, 2.24) is 0 Å². The van der Waals surface area contributed by atoms with E-state index in [-0.39, 0.29) is 21.8 Å². The van der Waals surface area contributed by atoms with Crippen LogP contribution in [0.3, 0.4) is 0 Å². The summed E-state index contributed by atoms with van der Waals surface area (Å²) in [6.07, 6.45) is -6.79. The summed E-state index contributed by atoms with van der Waals surface area (Å²) >= 11 is 5.85. The molecule has 0 saturated carbocycles. The fourth-order valence-electron chi connectivity index (χ4n) is 1.96. The Morgan fingerprint density at radius 1 is 1.08 bits per heavy atom. The molecule has 1 atom stereocenters. The van der Waals surface area contributed by atoms with E-state index in [9.17, 15) is 27.2 Å². The first kappa shape index (κ1) is 18.7. The van der Waals surface area contributed by atoms with Crippen LogP contribution in [0.2, 0.25) is 5.02 Å². The molecule has 2 aromatic rings. The van der Waals surface area contributed by atoms with Crippen molar-refractivity contribution in [3.8, 4) is 0 Å². The average molecular weight is 375 g/mol. The van der Waals surface area contributed by atoms with Gasteiger partial charge in [-0.2, -0.15) is 13.2 Å². The first-order valence-corrected chi connectivity index (χ1v) is 7.19. The summed E-state index contributed by atoms with van der Waals surface area (Å²) in [7, 11) is 0. The van der Waals surface area contributed by atoms with Gasteiger partial charge in [-0.05, 0) is 35.9 Å². The van der Waals surface area contributed by atoms with Gasteiger partial charge in [-0.3, -0.25) is 9.59 Å². The molecule has 1 unspecified atom stereocenters. The number of amides is 2. The molecule has 0 saturated heterocycles. The largest absolute Gasteiger partial charge is 0.416 e. The third kappa shape index (κ3) is 4.48. The van der Waals surface area contributed by atoms with Crippen molar-refractivity contribution in [2.45, 2.75) is 12.3 Å². The van der Waals surface area contributed by atoms with Crippen LogP contribution in [-0.4, -0.2) is 11.8 Å². The summed E-state index contributed by atoms with van der Waals surface area (Å²) in [4.78, 5) is 23.1. The molecule has 0 bridgehead atoms. The summed E-state index contributed by atoms with van der Waals surface area (Å²) in [5, 5.41) is 2.21. The number of carbonyl (C=O) groups excluding carboxylic acids is 2. The van der Waals surface area contributed by atoms with Gasteiger partial charge in [0.05, 0.1) is 16.3 Å². The van der Waals surface area contributed by atoms with Gasteiger partial charge in [0.15, 0.2) is 0 Å². The first-order valence-electron chi connectivity index (χ1n) is 6.81. The molecule has 2 amide bonds. The number of alkyl halides is 4. The molecule has 0 radical (unpaired) electrons. The molecule has 0 aliphatic rings. The fraction of sp³-hybridized carbons (Fsp3) is 0.125. The molecule has 0 aromatic heterocycles. The Bertz CT molecular complexity index is 807. The standard InChI is InChI=1S/C16H11ClF4N2O2/c17-11-6-3-9(14(22)24)7-12(11)23-15(25)13(18)8-1-4-10(5-2-8)16(19,20)21/h1-7,13H,(H2,22,24)(H,23,25). The third-order valence-corrected chi connectivity index (χ3v) is 3.60. The zero-order chi connectivity index (χ0) is 18.8. The molecule has 3 N–H and O–H groups in total. The number of benzene rings is 2. The van der Waals surface area contributed by atoms with E-state index in [1.165, 1.54) is 18.2 Å². The summed E-state index contributed by atoms with van der Waals surface area (Å²) in [6.45, 7) is 0. The van der Waals surface area contributed by atoms with Crippen molar-refractivity contribution in [1.29, 1.82) is 0 Å². The van der Waals surface area contributed by atoms with Gasteiger partial charge in [-0.15, -0.1) is 0 Å². The summed E-state index contributed by atoms with van der Waals surface area (Å²) in [5.41, 5.74) is 3.89. The Kier molecular flexibility index (Phi) is 5.32. The van der Waals surface area contributed by atoms with E-state index in [1.54, 1.807) is 0 Å². The Hall–Kier alpha value is -2.61. The van der Waals surface area contributed by atoms with Gasteiger partial charge >= 0.3 is 6.18 Å². The molecule has 0 fully saturated rings. The molecule has 0 spiro atoms. The van der Waals surface area contributed by atoms with Gasteiger partial charge in [0.1, 0.15) is 0 Å². The highest BCUT2D eigenvalue weighted by molar-refractivity contribution is 6.34. The lowest BCUT2D eigenvalue weighted by atomic mass is 10.1. The van der Waals surface area contributed by atoms with Crippen molar-refractivity contribution in [3.05, 3.63) is 64.2 Å². The normalized spacial score (nSPS) is 12.5. The summed E-state index contributed by atoms with van der Waals surface area (Å²) < 4.78 is 51.7. The number of anilines is 1. The highest BCUT2D eigenvalue weighted by atomic mass is 35.5. The van der Waals surface area contributed by atoms with Crippen molar-refractivity contribution in [2.24, 2.45) is 5.73 Å². The predicted molar refractivity (Wildman–Crippen MR) is 83.9 cm³/mol. The monoisotopic (exact) mass is 374 g/mol. The molecule has 0 aliphatic heterocycles. The second kappa shape index (κ2) is 7.10. The number of carbonyl (C=O) groups is 2. The zero-order valence-electron chi connectivity index (χ0n) is 12.4. The summed E-state index contributed by atoms with van der Waals surface area (Å²) in [5.74, 6) is -1.92. The van der Waals surface area contributed by atoms with E-state index in [2.05, 4.69) is 5.32 Å². The van der Waals surface area contributed by atoms with Crippen LogP contribution in [0, 0.1) is 0 Å². The maximum Gasteiger partial charge on any atom is 0.416 e. The minimum atomic E-state index is -4.56. The average Bonchev–Trinajstić information content (AvgIpc) is 2.55. The second-order valence-electron chi connectivity index (χ2n) is 5.03. The van der Waals surface area contributed by atoms with Crippen LogP contribution in [0.25, 0.3) is 0 Å². The van der Waals surface area contributed by atoms with Gasteiger partial charge in [0.25, 0.3) is 5.91 Å². The number of nitrogens with one attached hydrogen (secondary N) is 1. The van der Waals surface area contributed by atoms with Crippen LogP contribution >= 0.6 is 11.6 Å². The maximum atomic E-state index is 14.2. The molecular formula is C16H11ClF4N2O2. The number of halogens is 5. The Morgan fingerprint density at radius 2 is 1.68 bits per heavy atom. The number of rotatable bonds is 4. The van der Waals surface area contributed by atoms with E-state index < -0.39 is 29.7 Å². The van der Waals surface area contributed by atoms with Crippen LogP contribution in [0.15, 0.2) is 42.5 Å². The van der Waals surface area contributed by atoms with Gasteiger partial charge in [-0.1, -0.05) is 23.7 Å². The maximum absolute atomic E-state index is 14.2. The van der Waals surface area contributed by atoms with Gasteiger partial charge < -0.3 is 11.1 Å². The quantitative estimate of drug-likeness (QED) is 0.791. The highest BCUT2D eigenvalue weighted by Gasteiger charge is 2.31. The zero-order valence-corrected chi connectivity index (χ0v) is 13.2. The Labute approximate surface area is 144 Å². The number of hydrogen-bond acceptors (Lipinski definition) is 2. The van der Waals surface area contributed by atoms with Crippen LogP contribution in [0.4, 0.5) is 23.2 Å². The van der Waals surface area contributed by atoms with Crippen LogP contribution in [-0.2, 0) is 11.0 Å². The highest BCUT2D eigenvalue weighted by Crippen LogP contribution is 2.31. The van der Waals surface area contributed by atoms with E-state index in [4.69, 9.17) is 17.3 Å². The minimum absolute atomic E-state index is 0.0398. The van der Waals surface area contributed by atoms with E-state index in [0.717, 1.165) is 12.1 Å². The second-order valence-corrected chi connectivity index (χ2v) is 5.44. The first-order chi connectivity index (χ1) is 11.6. The SMILES string of the molecule is NC(=O)c1ccc(Cl)c(NC(=O)C(F)c2ccc(C(F)(F)F)cc2)c1. The molecule has 2 aromatic carbocycles. The number of nitrogens with two attached hydrogens (primary N) is 1. The molecular weight excluding hydrogens is 364 g/mol. The molecule has 0 heterocycles. The smallest absolute Gasteiger partial charge is 0.366 e. The van der Waals surface area contributed by atoms with Crippen LogP contribution < -0.4 is 11.1 Å². The van der Waals surface area contributed by atoms with Crippen molar-refractivity contribution in [3.63, 3.8) is 0 Å². The Morgan fingerprint density at radius 3 is 2.20 bits per heavy atom. The van der Waals surface area contributed by atoms with Crippen molar-refractivity contribution in [2.75, 3.05) is 5.32 Å². The lowest BCUT2D eigenvalue weighted by Crippen LogP contribution is -2.19. The molecule has 25 heavy (non-hydrogen) atoms. The Balaban J connectivity index is 2.18. The lowest BCUT2D eigenvalue weighted by Gasteiger charge is -2.13. The van der Waals surface area contributed by atoms with Gasteiger partial charge in [-0.25, -0.2) is 4.39 Å². The lowest BCUT2D eigenvalue weighted by molar-refractivity contribution is -0.137. The van der Waals surface area contributed by atoms with Gasteiger partial charge in [0.2, 0.25) is 12.1 Å². The van der Waals surface area contributed by atoms with Gasteiger partial charge in [0, 0.05) is 5.56 Å². The van der Waals surface area contributed by atoms with E-state index in [0.29, 0.717) is 12.1 Å². The molecule has 132 valence electrons. The molecule has 4 nitrogen and oxygen atoms in total.